The predicted molar refractivity (Wildman–Crippen MR) is 25.6 cm³/mol. The van der Waals surface area contributed by atoms with E-state index in [9.17, 15) is 26.3 Å². The summed E-state index contributed by atoms with van der Waals surface area (Å²) in [5.74, 6) is 0. The molecule has 10 heavy (non-hydrogen) atoms. The van der Waals surface area contributed by atoms with Gasteiger partial charge in [-0.3, -0.25) is 0 Å². The Labute approximate surface area is 54.8 Å². The van der Waals surface area contributed by atoms with Crippen LogP contribution < -0.4 is 0 Å². The molecular weight excluding hydrogens is 181 g/mol. The first-order valence-electron chi connectivity index (χ1n) is 2.04. The van der Waals surface area contributed by atoms with Crippen LogP contribution in [0.1, 0.15) is 0 Å². The summed E-state index contributed by atoms with van der Waals surface area (Å²) in [4.78, 5) is 0. The Kier molecular flexibility index (Phi) is 2.57. The first-order valence-corrected chi connectivity index (χ1v) is 2.71. The zero-order valence-corrected chi connectivity index (χ0v) is 5.58. The van der Waals surface area contributed by atoms with Crippen LogP contribution in [-0.4, -0.2) is 18.0 Å². The summed E-state index contributed by atoms with van der Waals surface area (Å²) < 4.78 is 67.2. The van der Waals surface area contributed by atoms with Crippen LogP contribution in [0.5, 0.6) is 0 Å². The maximum Gasteiger partial charge on any atom is 0.403 e. The molecule has 7 heteroatoms. The lowest BCUT2D eigenvalue weighted by molar-refractivity contribution is -0.224. The van der Waals surface area contributed by atoms with Crippen molar-refractivity contribution in [3.05, 3.63) is 0 Å². The van der Waals surface area contributed by atoms with Crippen LogP contribution in [0.4, 0.5) is 26.3 Å². The van der Waals surface area contributed by atoms with E-state index in [2.05, 4.69) is 0 Å². The molecule has 0 aromatic rings. The average molecular weight is 184 g/mol. The van der Waals surface area contributed by atoms with Crippen LogP contribution >= 0.6 is 9.24 Å². The minimum Gasteiger partial charge on any atom is -0.170 e. The van der Waals surface area contributed by atoms with Gasteiger partial charge < -0.3 is 0 Å². The summed E-state index contributed by atoms with van der Waals surface area (Å²) in [7, 11) is 0.699. The van der Waals surface area contributed by atoms with Gasteiger partial charge in [0.1, 0.15) is 0 Å². The van der Waals surface area contributed by atoms with Crippen molar-refractivity contribution < 1.29 is 26.3 Å². The first kappa shape index (κ1) is 10.0. The zero-order valence-electron chi connectivity index (χ0n) is 4.42. The lowest BCUT2D eigenvalue weighted by Crippen LogP contribution is -2.36. The van der Waals surface area contributed by atoms with Crippen molar-refractivity contribution in [2.24, 2.45) is 0 Å². The molecule has 0 radical (unpaired) electrons. The largest absolute Gasteiger partial charge is 0.403 e. The van der Waals surface area contributed by atoms with Gasteiger partial charge in [-0.1, -0.05) is 0 Å². The smallest absolute Gasteiger partial charge is 0.170 e. The summed E-state index contributed by atoms with van der Waals surface area (Å²) in [5, 5.41) is 0. The third-order valence-corrected chi connectivity index (χ3v) is 1.46. The van der Waals surface area contributed by atoms with Gasteiger partial charge in [0.25, 0.3) is 0 Å². The van der Waals surface area contributed by atoms with Crippen molar-refractivity contribution in [3.63, 3.8) is 0 Å². The molecule has 0 aliphatic heterocycles. The van der Waals surface area contributed by atoms with Gasteiger partial charge in [0.05, 0.1) is 0 Å². The molecule has 0 aromatic heterocycles. The predicted octanol–water partition coefficient (Wildman–Crippen LogP) is 2.35. The van der Waals surface area contributed by atoms with Gasteiger partial charge in [0.15, 0.2) is 5.66 Å². The van der Waals surface area contributed by atoms with Crippen molar-refractivity contribution in [1.29, 1.82) is 0 Å². The number of hydrogen-bond donors (Lipinski definition) is 0. The summed E-state index contributed by atoms with van der Waals surface area (Å²) >= 11 is 0. The van der Waals surface area contributed by atoms with E-state index in [-0.39, 0.29) is 0 Å². The normalized spacial score (nSPS) is 14.4. The first-order chi connectivity index (χ1) is 4.15. The van der Waals surface area contributed by atoms with Crippen molar-refractivity contribution in [3.8, 4) is 0 Å². The van der Waals surface area contributed by atoms with E-state index < -0.39 is 18.0 Å². The molecular formula is C3H3F6P. The second-order valence-electron chi connectivity index (χ2n) is 1.56. The SMILES string of the molecule is FC(F)(F)C(P)C(F)(F)F. The van der Waals surface area contributed by atoms with E-state index in [1.807, 2.05) is 0 Å². The Morgan fingerprint density at radius 1 is 0.800 bits per heavy atom. The van der Waals surface area contributed by atoms with Crippen LogP contribution in [0.25, 0.3) is 0 Å². The molecule has 0 N–H and O–H groups in total. The Bertz CT molecular complexity index is 97.1. The minimum atomic E-state index is -5.22. The van der Waals surface area contributed by atoms with Crippen molar-refractivity contribution in [2.75, 3.05) is 0 Å². The third-order valence-electron chi connectivity index (χ3n) is 0.705. The Morgan fingerprint density at radius 2 is 1.00 bits per heavy atom. The molecule has 0 amide bonds. The third kappa shape index (κ3) is 2.73. The molecule has 1 unspecified atom stereocenters. The Morgan fingerprint density at radius 3 is 1.00 bits per heavy atom. The standard InChI is InChI=1S/C3H3F6P/c4-2(5,6)1(10)3(7,8)9/h1H,10H2. The maximum atomic E-state index is 11.2. The molecule has 0 aromatic carbocycles. The molecule has 0 fully saturated rings. The molecule has 0 rings (SSSR count). The van der Waals surface area contributed by atoms with E-state index in [0.29, 0.717) is 9.24 Å². The van der Waals surface area contributed by atoms with E-state index in [4.69, 9.17) is 0 Å². The average Bonchev–Trinajstić information content (AvgIpc) is 1.59. The molecule has 0 bridgehead atoms. The van der Waals surface area contributed by atoms with Gasteiger partial charge in [0.2, 0.25) is 0 Å². The highest BCUT2D eigenvalue weighted by atomic mass is 31.0. The maximum absolute atomic E-state index is 11.2. The molecule has 0 spiro atoms. The van der Waals surface area contributed by atoms with Crippen LogP contribution in [-0.2, 0) is 0 Å². The fourth-order valence-corrected chi connectivity index (χ4v) is 0.186. The van der Waals surface area contributed by atoms with Crippen LogP contribution in [0.15, 0.2) is 0 Å². The summed E-state index contributed by atoms with van der Waals surface area (Å²) in [6.07, 6.45) is -10.4. The molecule has 0 heterocycles. The van der Waals surface area contributed by atoms with Gasteiger partial charge in [-0.15, -0.1) is 9.24 Å². The van der Waals surface area contributed by atoms with E-state index in [0.717, 1.165) is 0 Å². The number of rotatable bonds is 0. The highest BCUT2D eigenvalue weighted by Gasteiger charge is 2.53. The second-order valence-corrected chi connectivity index (χ2v) is 2.23. The number of alkyl halides is 6. The van der Waals surface area contributed by atoms with Crippen molar-refractivity contribution >= 4 is 9.24 Å². The Hall–Kier alpha value is 0.01000. The lowest BCUT2D eigenvalue weighted by Gasteiger charge is -2.17. The lowest BCUT2D eigenvalue weighted by atomic mass is 10.4. The van der Waals surface area contributed by atoms with Crippen molar-refractivity contribution in [2.45, 2.75) is 18.0 Å². The van der Waals surface area contributed by atoms with Gasteiger partial charge >= 0.3 is 12.4 Å². The van der Waals surface area contributed by atoms with Gasteiger partial charge in [0, 0.05) is 0 Å². The molecule has 0 aliphatic rings. The summed E-state index contributed by atoms with van der Waals surface area (Å²) in [5.41, 5.74) is -3.32. The van der Waals surface area contributed by atoms with Crippen LogP contribution in [0, 0.1) is 0 Å². The van der Waals surface area contributed by atoms with Crippen LogP contribution in [0.2, 0.25) is 0 Å². The van der Waals surface area contributed by atoms with Gasteiger partial charge in [-0.05, 0) is 0 Å². The summed E-state index contributed by atoms with van der Waals surface area (Å²) in [6.45, 7) is 0. The van der Waals surface area contributed by atoms with E-state index in [1.54, 1.807) is 0 Å². The highest BCUT2D eigenvalue weighted by molar-refractivity contribution is 7.17. The van der Waals surface area contributed by atoms with E-state index >= 15 is 0 Å². The zero-order chi connectivity index (χ0) is 8.58. The van der Waals surface area contributed by atoms with E-state index in [1.165, 1.54) is 0 Å². The molecule has 62 valence electrons. The topological polar surface area (TPSA) is 0 Å². The minimum absolute atomic E-state index is 0.699. The fourth-order valence-electron chi connectivity index (χ4n) is 0.186. The van der Waals surface area contributed by atoms with Crippen LogP contribution in [0.3, 0.4) is 0 Å². The van der Waals surface area contributed by atoms with Gasteiger partial charge in [-0.2, -0.15) is 26.3 Å². The van der Waals surface area contributed by atoms with Crippen molar-refractivity contribution in [1.82, 2.24) is 0 Å². The molecule has 0 saturated carbocycles. The Balaban J connectivity index is 4.23. The monoisotopic (exact) mass is 184 g/mol. The highest BCUT2D eigenvalue weighted by Crippen LogP contribution is 2.38. The fraction of sp³-hybridized carbons (Fsp3) is 1.00. The number of hydrogen-bond acceptors (Lipinski definition) is 0. The molecule has 0 saturated heterocycles. The second kappa shape index (κ2) is 2.57. The molecule has 0 nitrogen and oxygen atoms in total. The number of halogens is 6. The molecule has 1 atom stereocenters. The summed E-state index contributed by atoms with van der Waals surface area (Å²) in [6, 6.07) is 0. The quantitative estimate of drug-likeness (QED) is 0.400. The molecule has 0 aliphatic carbocycles. The van der Waals surface area contributed by atoms with Gasteiger partial charge in [-0.25, -0.2) is 0 Å².